The first kappa shape index (κ1) is 29.1. The molecule has 2 N–H and O–H groups in total. The fourth-order valence-corrected chi connectivity index (χ4v) is 5.06. The van der Waals surface area contributed by atoms with E-state index in [1.807, 2.05) is 16.9 Å². The largest absolute Gasteiger partial charge is 0.443 e. The molecule has 0 aromatic heterocycles. The van der Waals surface area contributed by atoms with Crippen LogP contribution in [-0.4, -0.2) is 55.6 Å². The molecule has 4 rings (SSSR count). The number of rotatable bonds is 4. The first-order valence-electron chi connectivity index (χ1n) is 11.9. The number of carbonyl (C=O) groups excluding carboxylic acids is 2. The summed E-state index contributed by atoms with van der Waals surface area (Å²) in [4.78, 5) is 26.1. The van der Waals surface area contributed by atoms with Gasteiger partial charge in [-0.05, 0) is 73.7 Å². The van der Waals surface area contributed by atoms with Crippen LogP contribution in [0.15, 0.2) is 48.5 Å². The average Bonchev–Trinajstić information content (AvgIpc) is 3.28. The average molecular weight is 551 g/mol. The van der Waals surface area contributed by atoms with E-state index < -0.39 is 21.9 Å². The standard InChI is InChI=1S/C25H29FN4O5S.CH3F/c1-25(2,3)35-24(32)28-36(33,34)30-12-10-18(11-13-30)17-5-8-22(9-6-17)27-23(31)29-15-19-4-7-21(26)14-20(19)16-29;1-2/h4-10,14H,11-13,15-16H2,1-3H3,(H,27,31)(H,28,32);1H3. The summed E-state index contributed by atoms with van der Waals surface area (Å²) in [6.45, 7) is 6.06. The second-order valence-electron chi connectivity index (χ2n) is 9.72. The van der Waals surface area contributed by atoms with Crippen molar-refractivity contribution in [3.05, 3.63) is 71.0 Å². The van der Waals surface area contributed by atoms with Crippen LogP contribution in [0.5, 0.6) is 0 Å². The van der Waals surface area contributed by atoms with Gasteiger partial charge in [0, 0.05) is 31.9 Å². The maximum absolute atomic E-state index is 13.4. The monoisotopic (exact) mass is 550 g/mol. The molecule has 2 aromatic rings. The van der Waals surface area contributed by atoms with Crippen LogP contribution in [-0.2, 0) is 28.0 Å². The van der Waals surface area contributed by atoms with Crippen LogP contribution in [0, 0.1) is 5.82 Å². The lowest BCUT2D eigenvalue weighted by Gasteiger charge is -2.27. The van der Waals surface area contributed by atoms with Crippen LogP contribution < -0.4 is 10.0 Å². The van der Waals surface area contributed by atoms with Crippen molar-refractivity contribution < 1.29 is 31.5 Å². The number of hydrogen-bond acceptors (Lipinski definition) is 5. The summed E-state index contributed by atoms with van der Waals surface area (Å²) >= 11 is 0. The van der Waals surface area contributed by atoms with Gasteiger partial charge < -0.3 is 15.0 Å². The quantitative estimate of drug-likeness (QED) is 0.568. The zero-order valence-corrected chi connectivity index (χ0v) is 22.6. The Kier molecular flexibility index (Phi) is 9.10. The van der Waals surface area contributed by atoms with Crippen LogP contribution in [0.1, 0.15) is 43.9 Å². The molecule has 2 aliphatic rings. The Balaban J connectivity index is 0.00000195. The third-order valence-electron chi connectivity index (χ3n) is 5.81. The number of nitrogens with one attached hydrogen (secondary N) is 2. The van der Waals surface area contributed by atoms with Crippen LogP contribution in [0.25, 0.3) is 5.57 Å². The highest BCUT2D eigenvalue weighted by Gasteiger charge is 2.29. The van der Waals surface area contributed by atoms with E-state index in [9.17, 15) is 26.8 Å². The second-order valence-corrected chi connectivity index (χ2v) is 11.4. The highest BCUT2D eigenvalue weighted by Crippen LogP contribution is 2.27. The SMILES string of the molecule is CC(C)(C)OC(=O)NS(=O)(=O)N1CC=C(c2ccc(NC(=O)N3Cc4ccc(F)cc4C3)cc2)CC1.CF. The Morgan fingerprint density at radius 3 is 2.26 bits per heavy atom. The molecular weight excluding hydrogens is 518 g/mol. The summed E-state index contributed by atoms with van der Waals surface area (Å²) < 4.78 is 56.1. The summed E-state index contributed by atoms with van der Waals surface area (Å²) in [5.41, 5.74) is 3.43. The van der Waals surface area contributed by atoms with Gasteiger partial charge in [-0.15, -0.1) is 0 Å². The van der Waals surface area contributed by atoms with Gasteiger partial charge >= 0.3 is 22.3 Å². The van der Waals surface area contributed by atoms with Gasteiger partial charge in [0.2, 0.25) is 0 Å². The van der Waals surface area contributed by atoms with E-state index >= 15 is 0 Å². The molecule has 2 aliphatic heterocycles. The molecule has 2 aromatic carbocycles. The predicted octanol–water partition coefficient (Wildman–Crippen LogP) is 4.82. The molecule has 0 saturated heterocycles. The Morgan fingerprint density at radius 2 is 1.66 bits per heavy atom. The molecule has 0 radical (unpaired) electrons. The maximum atomic E-state index is 13.4. The molecular formula is C26H32F2N4O5S. The molecule has 9 nitrogen and oxygen atoms in total. The third kappa shape index (κ3) is 7.51. The minimum atomic E-state index is -4.02. The summed E-state index contributed by atoms with van der Waals surface area (Å²) in [5.74, 6) is -0.316. The molecule has 3 amide bonds. The Bertz CT molecular complexity index is 1310. The van der Waals surface area contributed by atoms with E-state index in [1.54, 1.807) is 49.9 Å². The number of alkyl halides is 1. The smallest absolute Gasteiger partial charge is 0.422 e. The molecule has 0 aliphatic carbocycles. The summed E-state index contributed by atoms with van der Waals surface area (Å²) in [6.07, 6.45) is 1.25. The van der Waals surface area contributed by atoms with E-state index in [0.29, 0.717) is 32.4 Å². The maximum Gasteiger partial charge on any atom is 0.422 e. The van der Waals surface area contributed by atoms with E-state index in [4.69, 9.17) is 4.74 Å². The fraction of sp³-hybridized carbons (Fsp3) is 0.385. The van der Waals surface area contributed by atoms with Crippen molar-refractivity contribution in [2.24, 2.45) is 0 Å². The zero-order chi connectivity index (χ0) is 28.1. The first-order chi connectivity index (χ1) is 17.9. The van der Waals surface area contributed by atoms with Gasteiger partial charge in [-0.25, -0.2) is 18.7 Å². The number of fused-ring (bicyclic) bond motifs is 1. The van der Waals surface area contributed by atoms with Crippen molar-refractivity contribution in [3.63, 3.8) is 0 Å². The minimum absolute atomic E-state index is 0.113. The lowest BCUT2D eigenvalue weighted by atomic mass is 10.0. The molecule has 0 spiro atoms. The number of hydrogen-bond donors (Lipinski definition) is 2. The fourth-order valence-electron chi connectivity index (χ4n) is 4.08. The number of carbonyl (C=O) groups is 2. The van der Waals surface area contributed by atoms with Gasteiger partial charge in [-0.1, -0.05) is 24.3 Å². The van der Waals surface area contributed by atoms with Crippen molar-refractivity contribution in [1.29, 1.82) is 0 Å². The number of ether oxygens (including phenoxy) is 1. The van der Waals surface area contributed by atoms with Gasteiger partial charge in [0.15, 0.2) is 0 Å². The molecule has 0 fully saturated rings. The number of nitrogens with zero attached hydrogens (tertiary/aromatic N) is 2. The number of urea groups is 1. The molecule has 0 saturated carbocycles. The highest BCUT2D eigenvalue weighted by atomic mass is 32.2. The third-order valence-corrected chi connectivity index (χ3v) is 7.24. The molecule has 12 heteroatoms. The topological polar surface area (TPSA) is 108 Å². The van der Waals surface area contributed by atoms with Gasteiger partial charge in [-0.2, -0.15) is 12.7 Å². The van der Waals surface area contributed by atoms with E-state index in [1.165, 1.54) is 16.4 Å². The van der Waals surface area contributed by atoms with E-state index in [2.05, 4.69) is 5.32 Å². The second kappa shape index (κ2) is 11.9. The van der Waals surface area contributed by atoms with Gasteiger partial charge in [-0.3, -0.25) is 4.39 Å². The summed E-state index contributed by atoms with van der Waals surface area (Å²) in [7, 11) is -3.52. The number of anilines is 1. The Hall–Kier alpha value is -3.51. The molecule has 2 heterocycles. The molecule has 0 unspecified atom stereocenters. The Morgan fingerprint density at radius 1 is 1.00 bits per heavy atom. The predicted molar refractivity (Wildman–Crippen MR) is 141 cm³/mol. The van der Waals surface area contributed by atoms with Crippen LogP contribution in [0.3, 0.4) is 0 Å². The normalized spacial score (nSPS) is 15.5. The van der Waals surface area contributed by atoms with E-state index in [-0.39, 0.29) is 24.9 Å². The number of amides is 3. The van der Waals surface area contributed by atoms with Crippen molar-refractivity contribution in [1.82, 2.24) is 13.9 Å². The first-order valence-corrected chi connectivity index (χ1v) is 13.3. The summed E-state index contributed by atoms with van der Waals surface area (Å²) in [6, 6.07) is 11.6. The van der Waals surface area contributed by atoms with Crippen LogP contribution >= 0.6 is 0 Å². The molecule has 38 heavy (non-hydrogen) atoms. The number of benzene rings is 2. The molecule has 0 atom stereocenters. The molecule has 0 bridgehead atoms. The van der Waals surface area contributed by atoms with Crippen molar-refractivity contribution in [3.8, 4) is 0 Å². The van der Waals surface area contributed by atoms with Gasteiger partial charge in [0.1, 0.15) is 11.4 Å². The van der Waals surface area contributed by atoms with Gasteiger partial charge in [0.25, 0.3) is 0 Å². The van der Waals surface area contributed by atoms with Crippen molar-refractivity contribution in [2.75, 3.05) is 25.6 Å². The van der Waals surface area contributed by atoms with E-state index in [0.717, 1.165) is 22.3 Å². The lowest BCUT2D eigenvalue weighted by Crippen LogP contribution is -2.46. The van der Waals surface area contributed by atoms with Crippen LogP contribution in [0.2, 0.25) is 0 Å². The van der Waals surface area contributed by atoms with Crippen LogP contribution in [0.4, 0.5) is 24.1 Å². The zero-order valence-electron chi connectivity index (χ0n) is 21.8. The lowest BCUT2D eigenvalue weighted by molar-refractivity contribution is 0.0567. The van der Waals surface area contributed by atoms with Gasteiger partial charge in [0.05, 0.1) is 7.18 Å². The number of halogens is 2. The van der Waals surface area contributed by atoms with Crippen molar-refractivity contribution >= 4 is 33.6 Å². The minimum Gasteiger partial charge on any atom is -0.443 e. The molecule has 206 valence electrons. The highest BCUT2D eigenvalue weighted by molar-refractivity contribution is 7.87. The Labute approximate surface area is 221 Å². The van der Waals surface area contributed by atoms with Crippen molar-refractivity contribution in [2.45, 2.75) is 45.9 Å². The summed E-state index contributed by atoms with van der Waals surface area (Å²) in [5, 5.41) is 2.86.